The van der Waals surface area contributed by atoms with Crippen molar-refractivity contribution in [3.8, 4) is 0 Å². The summed E-state index contributed by atoms with van der Waals surface area (Å²) in [6.45, 7) is 3.82. The van der Waals surface area contributed by atoms with Crippen LogP contribution in [0.15, 0.2) is 18.2 Å². The topological polar surface area (TPSA) is 57.5 Å². The van der Waals surface area contributed by atoms with E-state index < -0.39 is 18.0 Å². The van der Waals surface area contributed by atoms with Gasteiger partial charge in [-0.05, 0) is 36.6 Å². The van der Waals surface area contributed by atoms with Crippen molar-refractivity contribution in [3.05, 3.63) is 34.3 Å². The molecule has 0 radical (unpaired) electrons. The highest BCUT2D eigenvalue weighted by atomic mass is 35.5. The predicted molar refractivity (Wildman–Crippen MR) is 71.8 cm³/mol. The van der Waals surface area contributed by atoms with Crippen LogP contribution in [0.2, 0.25) is 5.02 Å². The van der Waals surface area contributed by atoms with Crippen LogP contribution < -0.4 is 0 Å². The number of unbranched alkanes of at least 4 members (excludes halogenated alkanes) is 1. The second-order valence-electron chi connectivity index (χ2n) is 4.53. The van der Waals surface area contributed by atoms with Crippen LogP contribution in [0.5, 0.6) is 0 Å². The zero-order valence-corrected chi connectivity index (χ0v) is 11.4. The van der Waals surface area contributed by atoms with E-state index in [0.717, 1.165) is 18.4 Å². The van der Waals surface area contributed by atoms with Crippen LogP contribution in [-0.4, -0.2) is 16.2 Å². The normalized spacial score (nSPS) is 14.2. The molecule has 0 heterocycles. The van der Waals surface area contributed by atoms with Crippen molar-refractivity contribution < 1.29 is 15.0 Å². The number of aryl methyl sites for hydroxylation is 1. The van der Waals surface area contributed by atoms with Crippen molar-refractivity contribution in [1.82, 2.24) is 0 Å². The first-order chi connectivity index (χ1) is 8.47. The van der Waals surface area contributed by atoms with Gasteiger partial charge >= 0.3 is 5.97 Å². The Morgan fingerprint density at radius 1 is 1.44 bits per heavy atom. The smallest absolute Gasteiger partial charge is 0.309 e. The van der Waals surface area contributed by atoms with Crippen molar-refractivity contribution in [2.45, 2.75) is 39.2 Å². The zero-order chi connectivity index (χ0) is 13.7. The lowest BCUT2D eigenvalue weighted by Crippen LogP contribution is -2.22. The molecule has 2 atom stereocenters. The minimum atomic E-state index is -0.980. The Morgan fingerprint density at radius 2 is 2.11 bits per heavy atom. The van der Waals surface area contributed by atoms with Crippen molar-refractivity contribution >= 4 is 17.6 Å². The number of halogens is 1. The van der Waals surface area contributed by atoms with E-state index in [0.29, 0.717) is 17.0 Å². The summed E-state index contributed by atoms with van der Waals surface area (Å²) in [5, 5.41) is 20.0. The van der Waals surface area contributed by atoms with Gasteiger partial charge in [0.25, 0.3) is 0 Å². The maximum atomic E-state index is 11.2. The molecule has 0 fully saturated rings. The van der Waals surface area contributed by atoms with E-state index in [4.69, 9.17) is 11.6 Å². The molecule has 1 aromatic carbocycles. The van der Waals surface area contributed by atoms with Crippen molar-refractivity contribution in [2.75, 3.05) is 0 Å². The number of hydrogen-bond acceptors (Lipinski definition) is 2. The van der Waals surface area contributed by atoms with Gasteiger partial charge in [0.05, 0.1) is 12.0 Å². The van der Waals surface area contributed by atoms with Crippen LogP contribution in [0.3, 0.4) is 0 Å². The number of aliphatic hydroxyl groups excluding tert-OH is 1. The average Bonchev–Trinajstić information content (AvgIpc) is 2.28. The molecule has 2 unspecified atom stereocenters. The Bertz CT molecular complexity index is 418. The molecule has 0 spiro atoms. The molecule has 100 valence electrons. The number of carboxylic acids is 1. The second-order valence-corrected chi connectivity index (χ2v) is 4.97. The highest BCUT2D eigenvalue weighted by Gasteiger charge is 2.28. The third-order valence-electron chi connectivity index (χ3n) is 3.12. The number of carboxylic acid groups (broad SMARTS) is 1. The SMILES string of the molecule is CCCCC(C(=O)O)C(O)c1ccc(Cl)cc1C. The minimum Gasteiger partial charge on any atom is -0.481 e. The van der Waals surface area contributed by atoms with Crippen LogP contribution in [0.4, 0.5) is 0 Å². The monoisotopic (exact) mass is 270 g/mol. The third-order valence-corrected chi connectivity index (χ3v) is 3.35. The van der Waals surface area contributed by atoms with Crippen molar-refractivity contribution in [2.24, 2.45) is 5.92 Å². The summed E-state index contributed by atoms with van der Waals surface area (Å²) in [7, 11) is 0. The molecule has 0 bridgehead atoms. The van der Waals surface area contributed by atoms with Crippen molar-refractivity contribution in [1.29, 1.82) is 0 Å². The van der Waals surface area contributed by atoms with Gasteiger partial charge in [0.15, 0.2) is 0 Å². The fourth-order valence-corrected chi connectivity index (χ4v) is 2.25. The Kier molecular flexibility index (Phi) is 5.63. The number of benzene rings is 1. The van der Waals surface area contributed by atoms with Gasteiger partial charge in [-0.15, -0.1) is 0 Å². The maximum Gasteiger partial charge on any atom is 0.309 e. The number of rotatable bonds is 6. The molecule has 1 rings (SSSR count). The molecule has 2 N–H and O–H groups in total. The summed E-state index contributed by atoms with van der Waals surface area (Å²) in [6, 6.07) is 5.11. The lowest BCUT2D eigenvalue weighted by atomic mass is 9.89. The molecular formula is C14H19ClO3. The molecule has 0 aliphatic heterocycles. The molecular weight excluding hydrogens is 252 g/mol. The Balaban J connectivity index is 2.94. The molecule has 0 aromatic heterocycles. The van der Waals surface area contributed by atoms with Gasteiger partial charge in [-0.3, -0.25) is 4.79 Å². The van der Waals surface area contributed by atoms with Gasteiger partial charge in [0.1, 0.15) is 0 Å². The highest BCUT2D eigenvalue weighted by Crippen LogP contribution is 2.30. The zero-order valence-electron chi connectivity index (χ0n) is 10.7. The van der Waals surface area contributed by atoms with Gasteiger partial charge in [-0.2, -0.15) is 0 Å². The summed E-state index contributed by atoms with van der Waals surface area (Å²) in [5.41, 5.74) is 1.46. The first-order valence-corrected chi connectivity index (χ1v) is 6.52. The summed E-state index contributed by atoms with van der Waals surface area (Å²) in [5.74, 6) is -1.71. The highest BCUT2D eigenvalue weighted by molar-refractivity contribution is 6.30. The lowest BCUT2D eigenvalue weighted by molar-refractivity contribution is -0.146. The fraction of sp³-hybridized carbons (Fsp3) is 0.500. The predicted octanol–water partition coefficient (Wildman–Crippen LogP) is 3.57. The quantitative estimate of drug-likeness (QED) is 0.831. The van der Waals surface area contributed by atoms with E-state index >= 15 is 0 Å². The summed E-state index contributed by atoms with van der Waals surface area (Å²) in [4.78, 5) is 11.2. The first kappa shape index (κ1) is 15.0. The van der Waals surface area contributed by atoms with E-state index in [1.165, 1.54) is 0 Å². The average molecular weight is 271 g/mol. The number of aliphatic carboxylic acids is 1. The molecule has 0 saturated heterocycles. The van der Waals surface area contributed by atoms with Crippen LogP contribution in [0.25, 0.3) is 0 Å². The number of carbonyl (C=O) groups is 1. The molecule has 0 aliphatic rings. The van der Waals surface area contributed by atoms with Crippen molar-refractivity contribution in [3.63, 3.8) is 0 Å². The molecule has 0 saturated carbocycles. The second kappa shape index (κ2) is 6.76. The summed E-state index contributed by atoms with van der Waals surface area (Å²) in [6.07, 6.45) is 1.21. The number of aliphatic hydroxyl groups is 1. The molecule has 0 amide bonds. The van der Waals surface area contributed by atoms with Crippen LogP contribution in [-0.2, 0) is 4.79 Å². The van der Waals surface area contributed by atoms with Gasteiger partial charge in [-0.25, -0.2) is 0 Å². The first-order valence-electron chi connectivity index (χ1n) is 6.14. The fourth-order valence-electron chi connectivity index (χ4n) is 2.03. The minimum absolute atomic E-state index is 0.481. The summed E-state index contributed by atoms with van der Waals surface area (Å²) < 4.78 is 0. The Labute approximate surface area is 112 Å². The van der Waals surface area contributed by atoms with Gasteiger partial charge in [0, 0.05) is 5.02 Å². The van der Waals surface area contributed by atoms with Gasteiger partial charge < -0.3 is 10.2 Å². The number of hydrogen-bond donors (Lipinski definition) is 2. The van der Waals surface area contributed by atoms with Crippen LogP contribution in [0, 0.1) is 12.8 Å². The molecule has 3 nitrogen and oxygen atoms in total. The molecule has 0 aliphatic carbocycles. The van der Waals surface area contributed by atoms with Crippen LogP contribution in [0.1, 0.15) is 43.4 Å². The molecule has 4 heteroatoms. The Morgan fingerprint density at radius 3 is 2.61 bits per heavy atom. The standard InChI is InChI=1S/C14H19ClO3/c1-3-4-5-12(14(17)18)13(16)11-7-6-10(15)8-9(11)2/h6-8,12-13,16H,3-5H2,1-2H3,(H,17,18). The summed E-state index contributed by atoms with van der Waals surface area (Å²) >= 11 is 5.85. The molecule has 1 aromatic rings. The molecule has 18 heavy (non-hydrogen) atoms. The van der Waals surface area contributed by atoms with E-state index in [9.17, 15) is 15.0 Å². The van der Waals surface area contributed by atoms with Crippen LogP contribution >= 0.6 is 11.6 Å². The van der Waals surface area contributed by atoms with E-state index in [2.05, 4.69) is 0 Å². The lowest BCUT2D eigenvalue weighted by Gasteiger charge is -2.21. The third kappa shape index (κ3) is 3.72. The van der Waals surface area contributed by atoms with Gasteiger partial charge in [0.2, 0.25) is 0 Å². The van der Waals surface area contributed by atoms with E-state index in [1.54, 1.807) is 18.2 Å². The van der Waals surface area contributed by atoms with E-state index in [1.807, 2.05) is 13.8 Å². The van der Waals surface area contributed by atoms with Gasteiger partial charge in [-0.1, -0.05) is 37.4 Å². The largest absolute Gasteiger partial charge is 0.481 e. The maximum absolute atomic E-state index is 11.2. The van der Waals surface area contributed by atoms with E-state index in [-0.39, 0.29) is 0 Å². The Hall–Kier alpha value is -1.06.